The van der Waals surface area contributed by atoms with Crippen molar-refractivity contribution in [3.63, 3.8) is 0 Å². The number of hydrogen-bond donors (Lipinski definition) is 5. The summed E-state index contributed by atoms with van der Waals surface area (Å²) in [5.41, 5.74) is 1.73. The molecule has 0 heterocycles. The Labute approximate surface area is 234 Å². The Kier molecular flexibility index (Phi) is 11.8. The Balaban J connectivity index is 2.39. The first-order chi connectivity index (χ1) is 16.7. The van der Waals surface area contributed by atoms with Gasteiger partial charge in [-0.25, -0.2) is 0 Å². The highest BCUT2D eigenvalue weighted by atomic mass is 79.9. The second kappa shape index (κ2) is 14.3. The van der Waals surface area contributed by atoms with E-state index in [4.69, 9.17) is 0 Å². The van der Waals surface area contributed by atoms with Gasteiger partial charge in [-0.15, -0.1) is 0 Å². The van der Waals surface area contributed by atoms with Gasteiger partial charge >= 0.3 is 0 Å². The van der Waals surface area contributed by atoms with E-state index in [-0.39, 0.29) is 56.2 Å². The van der Waals surface area contributed by atoms with Gasteiger partial charge < -0.3 is 26.6 Å². The van der Waals surface area contributed by atoms with Crippen LogP contribution in [0.15, 0.2) is 36.4 Å². The maximum atomic E-state index is 13.1. The summed E-state index contributed by atoms with van der Waals surface area (Å²) in [5, 5.41) is 13.4. The minimum absolute atomic E-state index is 0.0440. The third-order valence-corrected chi connectivity index (χ3v) is 6.04. The van der Waals surface area contributed by atoms with E-state index in [2.05, 4.69) is 90.3 Å². The molecule has 0 aromatic heterocycles. The van der Waals surface area contributed by atoms with Crippen LogP contribution in [0.5, 0.6) is 0 Å². The molecule has 0 saturated heterocycles. The van der Waals surface area contributed by atoms with Crippen LogP contribution in [0.2, 0.25) is 0 Å². The summed E-state index contributed by atoms with van der Waals surface area (Å²) in [5.74, 6) is -1.90. The molecule has 0 radical (unpaired) electrons. The number of alkyl halides is 4. The first-order valence-electron chi connectivity index (χ1n) is 9.72. The van der Waals surface area contributed by atoms with Crippen molar-refractivity contribution >= 4 is 122 Å². The van der Waals surface area contributed by atoms with Crippen LogP contribution in [0.25, 0.3) is 0 Å². The topological polar surface area (TPSA) is 146 Å². The third kappa shape index (κ3) is 9.70. The van der Waals surface area contributed by atoms with Gasteiger partial charge in [0.2, 0.25) is 23.6 Å². The fraction of sp³-hybridized carbons (Fsp3) is 0.190. The lowest BCUT2D eigenvalue weighted by atomic mass is 10.1. The lowest BCUT2D eigenvalue weighted by Gasteiger charge is -2.14. The first kappa shape index (κ1) is 28.9. The lowest BCUT2D eigenvalue weighted by Crippen LogP contribution is -2.18. The number of carbonyl (C=O) groups is 5. The van der Waals surface area contributed by atoms with Gasteiger partial charge in [0.25, 0.3) is 5.91 Å². The molecule has 0 unspecified atom stereocenters. The average Bonchev–Trinajstić information content (AvgIpc) is 2.83. The molecule has 0 saturated carbocycles. The summed E-state index contributed by atoms with van der Waals surface area (Å²) in [4.78, 5) is 60.3. The number of rotatable bonds is 10. The minimum Gasteiger partial charge on any atom is -0.325 e. The zero-order valence-electron chi connectivity index (χ0n) is 17.8. The molecule has 0 spiro atoms. The van der Waals surface area contributed by atoms with E-state index in [0.717, 1.165) is 0 Å². The number of benzene rings is 2. The zero-order chi connectivity index (χ0) is 26.0. The Bertz CT molecular complexity index is 1070. The van der Waals surface area contributed by atoms with E-state index in [9.17, 15) is 24.0 Å². The maximum Gasteiger partial charge on any atom is 0.255 e. The molecule has 35 heavy (non-hydrogen) atoms. The monoisotopic (exact) mass is 737 g/mol. The van der Waals surface area contributed by atoms with Crippen LogP contribution in [0, 0.1) is 0 Å². The van der Waals surface area contributed by atoms with Gasteiger partial charge in [0, 0.05) is 34.0 Å². The molecule has 0 aliphatic rings. The normalized spacial score (nSPS) is 10.2. The maximum absolute atomic E-state index is 13.1. The lowest BCUT2D eigenvalue weighted by molar-refractivity contribution is -0.114. The molecule has 0 bridgehead atoms. The Morgan fingerprint density at radius 2 is 0.714 bits per heavy atom. The summed E-state index contributed by atoms with van der Waals surface area (Å²) in [6.45, 7) is 0. The molecule has 0 fully saturated rings. The molecule has 0 aliphatic heterocycles. The number of anilines is 5. The fourth-order valence-electron chi connectivity index (χ4n) is 2.73. The standard InChI is InChI=1S/C21H19Br4N5O5/c22-7-17(31)26-12-1-11(2-13(3-12)27-18(32)8-23)21(35)30-16-5-14(28-19(33)9-24)4-15(6-16)29-20(34)10-25/h1-6H,7-10H2,(H,26,31)(H,27,32)(H,28,33)(H,29,34)(H,30,35). The first-order valence-corrected chi connectivity index (χ1v) is 14.2. The molecule has 0 aliphatic carbocycles. The van der Waals surface area contributed by atoms with Crippen molar-refractivity contribution in [3.05, 3.63) is 42.0 Å². The highest BCUT2D eigenvalue weighted by Gasteiger charge is 2.14. The van der Waals surface area contributed by atoms with Crippen molar-refractivity contribution in [1.29, 1.82) is 0 Å². The van der Waals surface area contributed by atoms with Crippen molar-refractivity contribution in [1.82, 2.24) is 0 Å². The molecule has 186 valence electrons. The summed E-state index contributed by atoms with van der Waals surface area (Å²) in [7, 11) is 0. The molecule has 2 rings (SSSR count). The van der Waals surface area contributed by atoms with Crippen LogP contribution in [-0.2, 0) is 19.2 Å². The highest BCUT2D eigenvalue weighted by Crippen LogP contribution is 2.25. The van der Waals surface area contributed by atoms with E-state index >= 15 is 0 Å². The second-order valence-corrected chi connectivity index (χ2v) is 9.02. The van der Waals surface area contributed by atoms with E-state index < -0.39 is 5.91 Å². The molecule has 14 heteroatoms. The molecule has 5 amide bonds. The molecule has 2 aromatic carbocycles. The van der Waals surface area contributed by atoms with Crippen LogP contribution in [0.1, 0.15) is 10.4 Å². The summed E-state index contributed by atoms with van der Waals surface area (Å²) < 4.78 is 0. The molecule has 10 nitrogen and oxygen atoms in total. The van der Waals surface area contributed by atoms with E-state index in [1.807, 2.05) is 0 Å². The SMILES string of the molecule is O=C(CBr)Nc1cc(NC(=O)CBr)cc(NC(=O)c2cc(NC(=O)CBr)cc(NC(=O)CBr)c2)c1. The Morgan fingerprint density at radius 1 is 0.457 bits per heavy atom. The van der Waals surface area contributed by atoms with Crippen molar-refractivity contribution in [3.8, 4) is 0 Å². The van der Waals surface area contributed by atoms with Gasteiger partial charge in [0.05, 0.1) is 21.3 Å². The Morgan fingerprint density at radius 3 is 1.00 bits per heavy atom. The van der Waals surface area contributed by atoms with E-state index in [1.165, 1.54) is 30.3 Å². The summed E-state index contributed by atoms with van der Waals surface area (Å²) in [6.07, 6.45) is 0. The van der Waals surface area contributed by atoms with Gasteiger partial charge in [0.1, 0.15) is 0 Å². The zero-order valence-corrected chi connectivity index (χ0v) is 24.2. The predicted octanol–water partition coefficient (Wildman–Crippen LogP) is 4.27. The van der Waals surface area contributed by atoms with Gasteiger partial charge in [-0.3, -0.25) is 24.0 Å². The van der Waals surface area contributed by atoms with Gasteiger partial charge in [0.15, 0.2) is 0 Å². The van der Waals surface area contributed by atoms with E-state index in [0.29, 0.717) is 22.7 Å². The van der Waals surface area contributed by atoms with Crippen LogP contribution >= 0.6 is 63.7 Å². The number of amides is 5. The molecular formula is C21H19Br4N5O5. The highest BCUT2D eigenvalue weighted by molar-refractivity contribution is 9.10. The quantitative estimate of drug-likeness (QED) is 0.231. The number of carbonyl (C=O) groups excluding carboxylic acids is 5. The van der Waals surface area contributed by atoms with Crippen molar-refractivity contribution in [2.24, 2.45) is 0 Å². The fourth-order valence-corrected chi connectivity index (χ4v) is 3.29. The summed E-state index contributed by atoms with van der Waals surface area (Å²) in [6, 6.07) is 9.00. The van der Waals surface area contributed by atoms with E-state index in [1.54, 1.807) is 6.07 Å². The smallest absolute Gasteiger partial charge is 0.255 e. The second-order valence-electron chi connectivity index (χ2n) is 6.78. The van der Waals surface area contributed by atoms with Crippen LogP contribution in [0.3, 0.4) is 0 Å². The molecular weight excluding hydrogens is 722 g/mol. The van der Waals surface area contributed by atoms with Crippen molar-refractivity contribution in [2.45, 2.75) is 0 Å². The third-order valence-electron chi connectivity index (χ3n) is 4.01. The van der Waals surface area contributed by atoms with Crippen LogP contribution in [-0.4, -0.2) is 50.9 Å². The molecule has 5 N–H and O–H groups in total. The van der Waals surface area contributed by atoms with Crippen molar-refractivity contribution < 1.29 is 24.0 Å². The van der Waals surface area contributed by atoms with Crippen LogP contribution < -0.4 is 26.6 Å². The van der Waals surface area contributed by atoms with Gasteiger partial charge in [-0.2, -0.15) is 0 Å². The minimum atomic E-state index is -0.559. The molecule has 2 aromatic rings. The van der Waals surface area contributed by atoms with Gasteiger partial charge in [-0.1, -0.05) is 63.7 Å². The predicted molar refractivity (Wildman–Crippen MR) is 151 cm³/mol. The van der Waals surface area contributed by atoms with Crippen molar-refractivity contribution in [2.75, 3.05) is 47.9 Å². The van der Waals surface area contributed by atoms with Crippen LogP contribution in [0.4, 0.5) is 28.4 Å². The Hall–Kier alpha value is -2.29. The summed E-state index contributed by atoms with van der Waals surface area (Å²) >= 11 is 12.2. The number of nitrogens with one attached hydrogen (secondary N) is 5. The number of halogens is 4. The average molecular weight is 741 g/mol. The largest absolute Gasteiger partial charge is 0.325 e. The molecule has 0 atom stereocenters. The van der Waals surface area contributed by atoms with Gasteiger partial charge in [-0.05, 0) is 36.4 Å². The number of hydrogen-bond acceptors (Lipinski definition) is 5.